The molecular formula is C12H27NO. The van der Waals surface area contributed by atoms with Crippen LogP contribution in [0.25, 0.3) is 0 Å². The number of ether oxygens (including phenoxy) is 1. The molecule has 0 spiro atoms. The van der Waals surface area contributed by atoms with Crippen LogP contribution in [0.3, 0.4) is 0 Å². The molecule has 2 unspecified atom stereocenters. The summed E-state index contributed by atoms with van der Waals surface area (Å²) >= 11 is 0. The maximum absolute atomic E-state index is 5.67. The zero-order valence-corrected chi connectivity index (χ0v) is 10.5. The van der Waals surface area contributed by atoms with Crippen molar-refractivity contribution in [1.29, 1.82) is 0 Å². The van der Waals surface area contributed by atoms with Crippen LogP contribution in [0.2, 0.25) is 0 Å². The highest BCUT2D eigenvalue weighted by Crippen LogP contribution is 1.99. The lowest BCUT2D eigenvalue weighted by atomic mass is 10.2. The molecule has 2 atom stereocenters. The van der Waals surface area contributed by atoms with Gasteiger partial charge in [-0.15, -0.1) is 0 Å². The van der Waals surface area contributed by atoms with Crippen molar-refractivity contribution in [1.82, 2.24) is 5.32 Å². The second-order valence-corrected chi connectivity index (χ2v) is 4.64. The highest BCUT2D eigenvalue weighted by atomic mass is 16.5. The Balaban J connectivity index is 3.38. The number of hydrogen-bond acceptors (Lipinski definition) is 2. The third-order valence-corrected chi connectivity index (χ3v) is 2.19. The smallest absolute Gasteiger partial charge is 0.0671 e. The Morgan fingerprint density at radius 3 is 2.29 bits per heavy atom. The Labute approximate surface area is 89.4 Å². The van der Waals surface area contributed by atoms with Crippen LogP contribution in [-0.4, -0.2) is 25.3 Å². The number of hydrogen-bond donors (Lipinski definition) is 1. The van der Waals surface area contributed by atoms with Crippen LogP contribution in [0, 0.1) is 5.92 Å². The number of rotatable bonds is 8. The van der Waals surface area contributed by atoms with Gasteiger partial charge in [0.15, 0.2) is 0 Å². The van der Waals surface area contributed by atoms with Crippen molar-refractivity contribution >= 4 is 0 Å². The van der Waals surface area contributed by atoms with E-state index in [2.05, 4.69) is 39.9 Å². The Bertz CT molecular complexity index is 125. The van der Waals surface area contributed by atoms with Gasteiger partial charge in [0.1, 0.15) is 0 Å². The van der Waals surface area contributed by atoms with E-state index in [0.717, 1.165) is 13.2 Å². The average molecular weight is 201 g/mol. The summed E-state index contributed by atoms with van der Waals surface area (Å²) in [6.45, 7) is 12.8. The molecule has 0 aromatic carbocycles. The van der Waals surface area contributed by atoms with E-state index in [0.29, 0.717) is 18.1 Å². The molecule has 0 aliphatic rings. The van der Waals surface area contributed by atoms with Gasteiger partial charge in [0, 0.05) is 19.2 Å². The van der Waals surface area contributed by atoms with Gasteiger partial charge < -0.3 is 10.1 Å². The maximum atomic E-state index is 5.67. The molecule has 0 aromatic heterocycles. The Morgan fingerprint density at radius 2 is 1.79 bits per heavy atom. The topological polar surface area (TPSA) is 21.3 Å². The van der Waals surface area contributed by atoms with Crippen LogP contribution in [0.15, 0.2) is 0 Å². The predicted molar refractivity (Wildman–Crippen MR) is 62.6 cm³/mol. The standard InChI is InChI=1S/C12H27NO/c1-6-7-11(4)13-8-12(5)14-9-10(2)3/h10-13H,6-9H2,1-5H3. The molecule has 0 radical (unpaired) electrons. The monoisotopic (exact) mass is 201 g/mol. The van der Waals surface area contributed by atoms with Gasteiger partial charge in [-0.2, -0.15) is 0 Å². The van der Waals surface area contributed by atoms with Gasteiger partial charge in [-0.25, -0.2) is 0 Å². The summed E-state index contributed by atoms with van der Waals surface area (Å²) in [5.41, 5.74) is 0. The molecule has 2 heteroatoms. The van der Waals surface area contributed by atoms with Gasteiger partial charge in [-0.1, -0.05) is 27.2 Å². The zero-order chi connectivity index (χ0) is 11.0. The van der Waals surface area contributed by atoms with Crippen LogP contribution in [0.5, 0.6) is 0 Å². The Morgan fingerprint density at radius 1 is 1.14 bits per heavy atom. The van der Waals surface area contributed by atoms with Gasteiger partial charge in [0.25, 0.3) is 0 Å². The van der Waals surface area contributed by atoms with E-state index >= 15 is 0 Å². The van der Waals surface area contributed by atoms with E-state index in [1.54, 1.807) is 0 Å². The summed E-state index contributed by atoms with van der Waals surface area (Å²) < 4.78 is 5.67. The summed E-state index contributed by atoms with van der Waals surface area (Å²) in [5.74, 6) is 0.630. The van der Waals surface area contributed by atoms with Gasteiger partial charge in [0.2, 0.25) is 0 Å². The van der Waals surface area contributed by atoms with Gasteiger partial charge in [0.05, 0.1) is 6.10 Å². The molecule has 0 aliphatic heterocycles. The molecule has 14 heavy (non-hydrogen) atoms. The first kappa shape index (κ1) is 13.9. The van der Waals surface area contributed by atoms with E-state index in [1.807, 2.05) is 0 Å². The summed E-state index contributed by atoms with van der Waals surface area (Å²) in [6, 6.07) is 0.616. The number of nitrogens with one attached hydrogen (secondary N) is 1. The largest absolute Gasteiger partial charge is 0.377 e. The molecule has 86 valence electrons. The summed E-state index contributed by atoms with van der Waals surface area (Å²) in [7, 11) is 0. The molecule has 0 rings (SSSR count). The van der Waals surface area contributed by atoms with E-state index in [1.165, 1.54) is 12.8 Å². The molecule has 1 N–H and O–H groups in total. The minimum Gasteiger partial charge on any atom is -0.377 e. The fraction of sp³-hybridized carbons (Fsp3) is 1.00. The third kappa shape index (κ3) is 8.52. The van der Waals surface area contributed by atoms with E-state index < -0.39 is 0 Å². The second-order valence-electron chi connectivity index (χ2n) is 4.64. The zero-order valence-electron chi connectivity index (χ0n) is 10.5. The lowest BCUT2D eigenvalue weighted by molar-refractivity contribution is 0.0462. The molecule has 0 amide bonds. The van der Waals surface area contributed by atoms with Crippen molar-refractivity contribution < 1.29 is 4.74 Å². The molecule has 0 aliphatic carbocycles. The highest BCUT2D eigenvalue weighted by Gasteiger charge is 2.05. The molecule has 0 saturated heterocycles. The average Bonchev–Trinajstić information content (AvgIpc) is 2.12. The summed E-state index contributed by atoms with van der Waals surface area (Å²) in [6.07, 6.45) is 2.82. The molecular weight excluding hydrogens is 174 g/mol. The normalized spacial score (nSPS) is 15.9. The predicted octanol–water partition coefficient (Wildman–Crippen LogP) is 2.83. The lowest BCUT2D eigenvalue weighted by Gasteiger charge is -2.18. The highest BCUT2D eigenvalue weighted by molar-refractivity contribution is 4.63. The first-order chi connectivity index (χ1) is 6.56. The first-order valence-corrected chi connectivity index (χ1v) is 5.91. The summed E-state index contributed by atoms with van der Waals surface area (Å²) in [5, 5.41) is 3.48. The molecule has 0 fully saturated rings. The quantitative estimate of drug-likeness (QED) is 0.652. The van der Waals surface area contributed by atoms with Gasteiger partial charge >= 0.3 is 0 Å². The van der Waals surface area contributed by atoms with Crippen molar-refractivity contribution in [3.8, 4) is 0 Å². The van der Waals surface area contributed by atoms with Crippen molar-refractivity contribution in [3.63, 3.8) is 0 Å². The minimum absolute atomic E-state index is 0.330. The van der Waals surface area contributed by atoms with Crippen molar-refractivity contribution in [3.05, 3.63) is 0 Å². The van der Waals surface area contributed by atoms with E-state index in [-0.39, 0.29) is 0 Å². The molecule has 0 heterocycles. The van der Waals surface area contributed by atoms with Crippen molar-refractivity contribution in [2.75, 3.05) is 13.2 Å². The first-order valence-electron chi connectivity index (χ1n) is 5.91. The van der Waals surface area contributed by atoms with Crippen LogP contribution in [0.4, 0.5) is 0 Å². The van der Waals surface area contributed by atoms with Crippen LogP contribution >= 0.6 is 0 Å². The van der Waals surface area contributed by atoms with Crippen LogP contribution in [0.1, 0.15) is 47.5 Å². The maximum Gasteiger partial charge on any atom is 0.0671 e. The Kier molecular flexibility index (Phi) is 8.20. The molecule has 2 nitrogen and oxygen atoms in total. The van der Waals surface area contributed by atoms with Crippen molar-refractivity contribution in [2.24, 2.45) is 5.92 Å². The van der Waals surface area contributed by atoms with Crippen LogP contribution in [-0.2, 0) is 4.74 Å². The molecule has 0 aromatic rings. The fourth-order valence-corrected chi connectivity index (χ4v) is 1.32. The summed E-state index contributed by atoms with van der Waals surface area (Å²) in [4.78, 5) is 0. The van der Waals surface area contributed by atoms with E-state index in [4.69, 9.17) is 4.74 Å². The molecule has 0 saturated carbocycles. The van der Waals surface area contributed by atoms with Gasteiger partial charge in [-0.3, -0.25) is 0 Å². The second kappa shape index (κ2) is 8.25. The van der Waals surface area contributed by atoms with E-state index in [9.17, 15) is 0 Å². The molecule has 0 bridgehead atoms. The van der Waals surface area contributed by atoms with Crippen molar-refractivity contribution in [2.45, 2.75) is 59.6 Å². The SMILES string of the molecule is CCCC(C)NCC(C)OCC(C)C. The fourth-order valence-electron chi connectivity index (χ4n) is 1.32. The Hall–Kier alpha value is -0.0800. The minimum atomic E-state index is 0.330. The third-order valence-electron chi connectivity index (χ3n) is 2.19. The van der Waals surface area contributed by atoms with Gasteiger partial charge in [-0.05, 0) is 26.2 Å². The van der Waals surface area contributed by atoms with Crippen LogP contribution < -0.4 is 5.32 Å². The lowest BCUT2D eigenvalue weighted by Crippen LogP contribution is -2.34.